The molecule has 1 fully saturated rings. The highest BCUT2D eigenvalue weighted by molar-refractivity contribution is 6.00. The van der Waals surface area contributed by atoms with Gasteiger partial charge in [0, 0.05) is 116 Å². The van der Waals surface area contributed by atoms with Crippen molar-refractivity contribution in [1.29, 1.82) is 0 Å². The summed E-state index contributed by atoms with van der Waals surface area (Å²) >= 11 is 0. The number of methoxy groups -OCH3 is 1. The molecule has 0 radical (unpaired) electrons. The quantitative estimate of drug-likeness (QED) is 0.0395. The average molecular weight is 1430 g/mol. The van der Waals surface area contributed by atoms with Crippen LogP contribution < -0.4 is 37.9 Å². The minimum atomic E-state index is -0.593. The zero-order valence-corrected chi connectivity index (χ0v) is 59.9. The summed E-state index contributed by atoms with van der Waals surface area (Å²) in [6.45, 7) is 17.2. The second-order valence-corrected chi connectivity index (χ2v) is 25.3. The van der Waals surface area contributed by atoms with Gasteiger partial charge in [0.25, 0.3) is 16.7 Å². The molecular weight excluding hydrogens is 1350 g/mol. The van der Waals surface area contributed by atoms with E-state index in [1.165, 1.54) is 0 Å². The van der Waals surface area contributed by atoms with E-state index >= 15 is 0 Å². The molecule has 13 aromatic rings. The molecule has 11 heterocycles. The molecule has 542 valence electrons. The molecule has 4 amide bonds. The Hall–Kier alpha value is -12.8. The van der Waals surface area contributed by atoms with E-state index < -0.39 is 12.2 Å². The first kappa shape index (κ1) is 73.0. The molecule has 3 aromatic carbocycles. The molecule has 1 aliphatic heterocycles. The van der Waals surface area contributed by atoms with Crippen molar-refractivity contribution in [2.45, 2.75) is 80.4 Å². The number of fused-ring (bicyclic) bond motifs is 3. The van der Waals surface area contributed by atoms with Crippen LogP contribution in [0.25, 0.3) is 100 Å². The molecule has 0 spiro atoms. The van der Waals surface area contributed by atoms with Gasteiger partial charge < -0.3 is 52.9 Å². The van der Waals surface area contributed by atoms with Gasteiger partial charge in [-0.3, -0.25) is 50.3 Å². The van der Waals surface area contributed by atoms with Crippen molar-refractivity contribution < 1.29 is 33.3 Å². The van der Waals surface area contributed by atoms with Gasteiger partial charge in [0.15, 0.2) is 0 Å². The van der Waals surface area contributed by atoms with Crippen molar-refractivity contribution in [2.75, 3.05) is 62.6 Å². The first-order chi connectivity index (χ1) is 51.4. The van der Waals surface area contributed by atoms with E-state index in [1.807, 2.05) is 161 Å². The summed E-state index contributed by atoms with van der Waals surface area (Å²) in [7, 11) is 1.62. The number of urea groups is 1. The van der Waals surface area contributed by atoms with Crippen LogP contribution in [-0.2, 0) is 32.0 Å². The third kappa shape index (κ3) is 17.3. The Morgan fingerprint density at radius 3 is 1.36 bits per heavy atom. The van der Waals surface area contributed by atoms with Crippen LogP contribution in [-0.4, -0.2) is 128 Å². The molecule has 14 rings (SSSR count). The fourth-order valence-corrected chi connectivity index (χ4v) is 12.9. The predicted molar refractivity (Wildman–Crippen MR) is 409 cm³/mol. The minimum Gasteiger partial charge on any atom is -0.450 e. The van der Waals surface area contributed by atoms with E-state index in [-0.39, 0.29) is 53.9 Å². The molecular formula is C79H81N17O10. The van der Waals surface area contributed by atoms with Gasteiger partial charge >= 0.3 is 18.2 Å². The number of anilines is 3. The predicted octanol–water partition coefficient (Wildman–Crippen LogP) is 13.6. The number of imidazole rings is 3. The Kier molecular flexibility index (Phi) is 23.1. The monoisotopic (exact) mass is 1430 g/mol. The summed E-state index contributed by atoms with van der Waals surface area (Å²) in [5, 5.41) is 10.6. The average Bonchev–Trinajstić information content (AvgIpc) is 1.53. The van der Waals surface area contributed by atoms with Crippen molar-refractivity contribution in [3.63, 3.8) is 0 Å². The molecule has 0 saturated carbocycles. The Bertz CT molecular complexity index is 5480. The van der Waals surface area contributed by atoms with Gasteiger partial charge in [0.05, 0.1) is 82.6 Å². The maximum Gasteiger partial charge on any atom is 0.413 e. The Balaban J connectivity index is 0.000000149. The molecule has 1 aliphatic rings. The number of pyridine rings is 7. The zero-order valence-electron chi connectivity index (χ0n) is 59.9. The van der Waals surface area contributed by atoms with E-state index in [0.29, 0.717) is 65.7 Å². The fourth-order valence-electron chi connectivity index (χ4n) is 12.9. The lowest BCUT2D eigenvalue weighted by Crippen LogP contribution is -2.28. The zero-order chi connectivity index (χ0) is 74.4. The summed E-state index contributed by atoms with van der Waals surface area (Å²) in [4.78, 5) is 116. The maximum atomic E-state index is 13.2. The summed E-state index contributed by atoms with van der Waals surface area (Å²) < 4.78 is 26.0. The first-order valence-electron chi connectivity index (χ1n) is 34.8. The second kappa shape index (κ2) is 33.6. The summed E-state index contributed by atoms with van der Waals surface area (Å²) in [5.74, 6) is 1.32. The van der Waals surface area contributed by atoms with E-state index in [9.17, 15) is 28.8 Å². The molecule has 27 heteroatoms. The number of hydrogen-bond acceptors (Lipinski definition) is 17. The van der Waals surface area contributed by atoms with Crippen molar-refractivity contribution in [2.24, 2.45) is 5.92 Å². The van der Waals surface area contributed by atoms with E-state index in [0.717, 1.165) is 121 Å². The number of H-pyrrole nitrogens is 3. The lowest BCUT2D eigenvalue weighted by molar-refractivity contribution is 0.0607. The van der Waals surface area contributed by atoms with Gasteiger partial charge in [0.1, 0.15) is 0 Å². The van der Waals surface area contributed by atoms with Crippen LogP contribution in [0.1, 0.15) is 69.2 Å². The number of nitrogens with one attached hydrogen (secondary N) is 7. The summed E-state index contributed by atoms with van der Waals surface area (Å²) in [5.41, 5.74) is 16.9. The normalized spacial score (nSPS) is 12.4. The van der Waals surface area contributed by atoms with Gasteiger partial charge in [-0.05, 0) is 209 Å². The number of benzene rings is 3. The van der Waals surface area contributed by atoms with Gasteiger partial charge in [-0.15, -0.1) is 0 Å². The van der Waals surface area contributed by atoms with Crippen LogP contribution in [0.2, 0.25) is 0 Å². The lowest BCUT2D eigenvalue weighted by atomic mass is 9.98. The second-order valence-electron chi connectivity index (χ2n) is 25.3. The van der Waals surface area contributed by atoms with Gasteiger partial charge in [-0.25, -0.2) is 29.3 Å². The Morgan fingerprint density at radius 1 is 0.528 bits per heavy atom. The standard InChI is InChI=1S/C27H24N6O3.C27H29N5O4.C25H28N6O3/c1-3-36-27(35)32-26-30-23-14-20(13-21(25(23)31-26)22-6-4-5-9-29-22)19-12-17(2)33(24(34)15-19)16-18-7-10-28-11-8-18;1-3-36-27(34)31-26-29-23-14-20(13-21(25(23)30-26)22-6-4-5-9-28-22)19-12-17(2)32(24(33)15-19)16-18-7-10-35-11-8-18;1-5-26-25(33)30-24-28-21-12-18(11-19(23(21)29-24)20-8-6-7-9-27-20)17-10-15(2)31(22(32)13-17)16(3)14-34-4/h4-15H,3,16H2,1-2H3,(H2,30,31,32,35);4-6,9,12-15,18H,3,7-8,10-11,16H2,1-2H3,(H2,29,30,31,34);6-13,16H,5,14H2,1-4H3,(H3,26,28,29,30,33). The number of aromatic amines is 3. The highest BCUT2D eigenvalue weighted by atomic mass is 16.6. The molecule has 27 nitrogen and oxygen atoms in total. The molecule has 1 atom stereocenters. The molecule has 1 unspecified atom stereocenters. The van der Waals surface area contributed by atoms with Crippen LogP contribution in [0.5, 0.6) is 0 Å². The summed E-state index contributed by atoms with van der Waals surface area (Å²) in [6.07, 6.45) is 9.35. The minimum absolute atomic E-state index is 0.0229. The number of hydrogen-bond donors (Lipinski definition) is 7. The van der Waals surface area contributed by atoms with Crippen LogP contribution >= 0.6 is 0 Å². The smallest absolute Gasteiger partial charge is 0.413 e. The fraction of sp³-hybridized carbons (Fsp3) is 0.253. The number of carbonyl (C=O) groups is 3. The molecule has 0 aliphatic carbocycles. The highest BCUT2D eigenvalue weighted by Gasteiger charge is 2.22. The SMILES string of the molecule is CCNC(=O)Nc1nc2c(-c3ccccn3)cc(-c3cc(C)n(C(C)COC)c(=O)c3)cc2[nH]1.CCOC(=O)Nc1nc2c(-c3ccccn3)cc(-c3cc(C)n(CC4CCOCC4)c(=O)c3)cc2[nH]1.CCOC(=O)Nc1nc2c(-c3ccccn3)cc(-c3cc(C)n(Cc4ccncc4)c(=O)c3)cc2[nH]1. The molecule has 10 aromatic heterocycles. The van der Waals surface area contributed by atoms with Crippen molar-refractivity contribution >= 4 is 69.2 Å². The van der Waals surface area contributed by atoms with Gasteiger partial charge in [0.2, 0.25) is 17.8 Å². The molecule has 106 heavy (non-hydrogen) atoms. The first-order valence-corrected chi connectivity index (χ1v) is 34.8. The van der Waals surface area contributed by atoms with Crippen molar-refractivity contribution in [1.82, 2.24) is 68.9 Å². The third-order valence-corrected chi connectivity index (χ3v) is 17.8. The largest absolute Gasteiger partial charge is 0.450 e. The number of rotatable bonds is 19. The van der Waals surface area contributed by atoms with E-state index in [4.69, 9.17) is 18.9 Å². The van der Waals surface area contributed by atoms with Crippen LogP contribution in [0, 0.1) is 26.7 Å². The summed E-state index contributed by atoms with van der Waals surface area (Å²) in [6, 6.07) is 43.0. The van der Waals surface area contributed by atoms with E-state index in [1.54, 1.807) is 79.3 Å². The Morgan fingerprint density at radius 2 is 0.953 bits per heavy atom. The number of aromatic nitrogens is 13. The number of carbonyl (C=O) groups excluding carboxylic acids is 3. The van der Waals surface area contributed by atoms with Crippen LogP contribution in [0.4, 0.5) is 32.2 Å². The maximum absolute atomic E-state index is 13.2. The topological polar surface area (TPSA) is 340 Å². The third-order valence-electron chi connectivity index (χ3n) is 17.8. The van der Waals surface area contributed by atoms with Gasteiger partial charge in [-0.2, -0.15) is 0 Å². The highest BCUT2D eigenvalue weighted by Crippen LogP contribution is 2.37. The van der Waals surface area contributed by atoms with Crippen molar-refractivity contribution in [3.8, 4) is 67.2 Å². The number of amides is 4. The molecule has 0 bridgehead atoms. The Labute approximate surface area is 608 Å². The number of nitrogens with zero attached hydrogens (tertiary/aromatic N) is 10. The van der Waals surface area contributed by atoms with Crippen molar-refractivity contribution in [3.05, 3.63) is 224 Å². The van der Waals surface area contributed by atoms with Gasteiger partial charge in [-0.1, -0.05) is 18.2 Å². The van der Waals surface area contributed by atoms with Crippen LogP contribution in [0.15, 0.2) is 185 Å². The molecule has 1 saturated heterocycles. The number of aryl methyl sites for hydroxylation is 3. The number of ether oxygens (including phenoxy) is 4. The van der Waals surface area contributed by atoms with E-state index in [2.05, 4.69) is 71.1 Å². The lowest BCUT2D eigenvalue weighted by Gasteiger charge is -2.24. The molecule has 7 N–H and O–H groups in total. The van der Waals surface area contributed by atoms with Crippen LogP contribution in [0.3, 0.4) is 0 Å².